The molecule has 35 heavy (non-hydrogen) atoms. The van der Waals surface area contributed by atoms with Crippen molar-refractivity contribution in [3.8, 4) is 28.5 Å². The number of rotatable bonds is 7. The Morgan fingerprint density at radius 2 is 1.69 bits per heavy atom. The Hall–Kier alpha value is -4.65. The Bertz CT molecular complexity index is 1460. The van der Waals surface area contributed by atoms with Gasteiger partial charge in [0.15, 0.2) is 11.6 Å². The number of fused-ring (bicyclic) bond motifs is 1. The van der Waals surface area contributed by atoms with E-state index in [1.165, 1.54) is 7.11 Å². The molecule has 2 aromatic heterocycles. The Morgan fingerprint density at radius 3 is 2.37 bits per heavy atom. The topological polar surface area (TPSA) is 86.5 Å². The van der Waals surface area contributed by atoms with E-state index in [9.17, 15) is 4.79 Å². The van der Waals surface area contributed by atoms with Crippen molar-refractivity contribution < 1.29 is 18.7 Å². The van der Waals surface area contributed by atoms with Crippen molar-refractivity contribution in [2.24, 2.45) is 0 Å². The zero-order valence-electron chi connectivity index (χ0n) is 19.3. The zero-order chi connectivity index (χ0) is 24.2. The first-order chi connectivity index (χ1) is 17.1. The highest BCUT2D eigenvalue weighted by molar-refractivity contribution is 5.93. The van der Waals surface area contributed by atoms with Crippen LogP contribution in [0.5, 0.6) is 5.75 Å². The van der Waals surface area contributed by atoms with Gasteiger partial charge < -0.3 is 19.2 Å². The third-order valence-corrected chi connectivity index (χ3v) is 5.70. The molecule has 1 N–H and O–H groups in total. The summed E-state index contributed by atoms with van der Waals surface area (Å²) in [4.78, 5) is 21.2. The van der Waals surface area contributed by atoms with Crippen molar-refractivity contribution in [1.82, 2.24) is 9.97 Å². The van der Waals surface area contributed by atoms with Gasteiger partial charge in [-0.1, -0.05) is 30.3 Å². The number of nitrogens with zero attached hydrogens (tertiary/aromatic N) is 2. The van der Waals surface area contributed by atoms with E-state index in [1.807, 2.05) is 60.7 Å². The number of nitrogens with one attached hydrogen (secondary N) is 1. The second-order valence-electron chi connectivity index (χ2n) is 7.88. The molecule has 5 aromatic rings. The maximum absolute atomic E-state index is 11.7. The number of anilines is 1. The lowest BCUT2D eigenvalue weighted by Crippen LogP contribution is -2.05. The number of benzene rings is 3. The molecule has 0 spiro atoms. The monoisotopic (exact) mass is 465 g/mol. The third kappa shape index (κ3) is 4.70. The summed E-state index contributed by atoms with van der Waals surface area (Å²) < 4.78 is 15.6. The van der Waals surface area contributed by atoms with Gasteiger partial charge in [-0.3, -0.25) is 0 Å². The van der Waals surface area contributed by atoms with E-state index >= 15 is 0 Å². The zero-order valence-corrected chi connectivity index (χ0v) is 19.3. The molecule has 0 amide bonds. The predicted molar refractivity (Wildman–Crippen MR) is 134 cm³/mol. The molecule has 0 saturated heterocycles. The van der Waals surface area contributed by atoms with E-state index in [0.717, 1.165) is 33.3 Å². The molecule has 0 saturated carbocycles. The van der Waals surface area contributed by atoms with Gasteiger partial charge in [0.1, 0.15) is 11.6 Å². The van der Waals surface area contributed by atoms with Gasteiger partial charge in [0.25, 0.3) is 0 Å². The van der Waals surface area contributed by atoms with Crippen molar-refractivity contribution in [3.63, 3.8) is 0 Å². The number of hydrogen-bond acceptors (Lipinski definition) is 7. The van der Waals surface area contributed by atoms with Crippen LogP contribution in [0, 0.1) is 0 Å². The summed E-state index contributed by atoms with van der Waals surface area (Å²) in [6.07, 6.45) is 1.60. The Labute approximate surface area is 202 Å². The van der Waals surface area contributed by atoms with Crippen molar-refractivity contribution in [1.29, 1.82) is 0 Å². The fourth-order valence-corrected chi connectivity index (χ4v) is 3.81. The average Bonchev–Trinajstić information content (AvgIpc) is 3.46. The lowest BCUT2D eigenvalue weighted by Gasteiger charge is -2.12. The van der Waals surface area contributed by atoms with Crippen molar-refractivity contribution >= 4 is 22.7 Å². The molecule has 0 radical (unpaired) electrons. The van der Waals surface area contributed by atoms with E-state index in [-0.39, 0.29) is 5.97 Å². The minimum absolute atomic E-state index is 0.359. The second kappa shape index (κ2) is 9.69. The van der Waals surface area contributed by atoms with Gasteiger partial charge in [-0.2, -0.15) is 0 Å². The molecule has 0 aliphatic rings. The van der Waals surface area contributed by atoms with Crippen LogP contribution in [0.1, 0.15) is 15.9 Å². The highest BCUT2D eigenvalue weighted by Gasteiger charge is 2.13. The molecule has 7 heteroatoms. The molecule has 2 heterocycles. The van der Waals surface area contributed by atoms with Crippen molar-refractivity contribution in [2.45, 2.75) is 6.54 Å². The summed E-state index contributed by atoms with van der Waals surface area (Å²) >= 11 is 0. The normalized spacial score (nSPS) is 10.8. The summed E-state index contributed by atoms with van der Waals surface area (Å²) in [5, 5.41) is 4.31. The van der Waals surface area contributed by atoms with Gasteiger partial charge in [0, 0.05) is 11.9 Å². The van der Waals surface area contributed by atoms with Crippen molar-refractivity contribution in [2.75, 3.05) is 19.5 Å². The number of furan rings is 1. The van der Waals surface area contributed by atoms with Crippen LogP contribution in [0.25, 0.3) is 33.6 Å². The Morgan fingerprint density at radius 1 is 0.914 bits per heavy atom. The smallest absolute Gasteiger partial charge is 0.337 e. The van der Waals surface area contributed by atoms with Gasteiger partial charge in [0.2, 0.25) is 0 Å². The molecule has 0 aliphatic heterocycles. The molecule has 174 valence electrons. The Balaban J connectivity index is 1.49. The first-order valence-electron chi connectivity index (χ1n) is 11.1. The standard InChI is InChI=1S/C28H23N3O4/c1-33-22-12-9-19(10-13-22)21-11-14-23-24(16-21)30-27(25-4-3-15-35-25)31-26(23)29-17-18-5-7-20(8-6-18)28(32)34-2/h3-16H,17H2,1-2H3,(H,29,30,31). The maximum atomic E-state index is 11.7. The molecular weight excluding hydrogens is 442 g/mol. The minimum atomic E-state index is -0.359. The molecule has 3 aromatic carbocycles. The highest BCUT2D eigenvalue weighted by atomic mass is 16.5. The van der Waals surface area contributed by atoms with Gasteiger partial charge in [-0.25, -0.2) is 14.8 Å². The molecule has 0 fully saturated rings. The lowest BCUT2D eigenvalue weighted by molar-refractivity contribution is 0.0600. The third-order valence-electron chi connectivity index (χ3n) is 5.70. The molecule has 7 nitrogen and oxygen atoms in total. The van der Waals surface area contributed by atoms with Crippen LogP contribution in [0.2, 0.25) is 0 Å². The minimum Gasteiger partial charge on any atom is -0.497 e. The summed E-state index contributed by atoms with van der Waals surface area (Å²) in [5.41, 5.74) is 4.40. The molecule has 0 atom stereocenters. The number of carbonyl (C=O) groups excluding carboxylic acids is 1. The summed E-state index contributed by atoms with van der Waals surface area (Å²) in [6.45, 7) is 0.519. The molecule has 0 aliphatic carbocycles. The van der Waals surface area contributed by atoms with Crippen LogP contribution in [0.3, 0.4) is 0 Å². The first-order valence-corrected chi connectivity index (χ1v) is 11.1. The fraction of sp³-hybridized carbons (Fsp3) is 0.107. The number of methoxy groups -OCH3 is 2. The Kier molecular flexibility index (Phi) is 6.13. The van der Waals surface area contributed by atoms with E-state index in [2.05, 4.69) is 11.4 Å². The van der Waals surface area contributed by atoms with E-state index in [0.29, 0.717) is 29.5 Å². The van der Waals surface area contributed by atoms with Crippen LogP contribution < -0.4 is 10.1 Å². The molecular formula is C28H23N3O4. The van der Waals surface area contributed by atoms with Gasteiger partial charge >= 0.3 is 5.97 Å². The summed E-state index contributed by atoms with van der Waals surface area (Å²) in [5.74, 6) is 2.23. The maximum Gasteiger partial charge on any atom is 0.337 e. The fourth-order valence-electron chi connectivity index (χ4n) is 3.81. The summed E-state index contributed by atoms with van der Waals surface area (Å²) in [7, 11) is 3.02. The average molecular weight is 466 g/mol. The van der Waals surface area contributed by atoms with Gasteiger partial charge in [-0.15, -0.1) is 0 Å². The van der Waals surface area contributed by atoms with E-state index in [4.69, 9.17) is 23.9 Å². The van der Waals surface area contributed by atoms with Crippen LogP contribution >= 0.6 is 0 Å². The molecule has 0 bridgehead atoms. The quantitative estimate of drug-likeness (QED) is 0.297. The summed E-state index contributed by atoms with van der Waals surface area (Å²) in [6, 6.07) is 24.9. The van der Waals surface area contributed by atoms with Gasteiger partial charge in [0.05, 0.1) is 31.6 Å². The largest absolute Gasteiger partial charge is 0.497 e. The second-order valence-corrected chi connectivity index (χ2v) is 7.88. The number of aromatic nitrogens is 2. The first kappa shape index (κ1) is 22.2. The number of ether oxygens (including phenoxy) is 2. The number of hydrogen-bond donors (Lipinski definition) is 1. The van der Waals surface area contributed by atoms with Crippen LogP contribution in [-0.2, 0) is 11.3 Å². The van der Waals surface area contributed by atoms with Crippen LogP contribution in [0.4, 0.5) is 5.82 Å². The predicted octanol–water partition coefficient (Wildman–Crippen LogP) is 5.96. The van der Waals surface area contributed by atoms with Crippen LogP contribution in [-0.4, -0.2) is 30.2 Å². The van der Waals surface area contributed by atoms with Crippen molar-refractivity contribution in [3.05, 3.63) is 96.3 Å². The number of carbonyl (C=O) groups is 1. The van der Waals surface area contributed by atoms with Crippen LogP contribution in [0.15, 0.2) is 89.5 Å². The highest BCUT2D eigenvalue weighted by Crippen LogP contribution is 2.30. The van der Waals surface area contributed by atoms with E-state index in [1.54, 1.807) is 25.5 Å². The molecule has 0 unspecified atom stereocenters. The van der Waals surface area contributed by atoms with E-state index < -0.39 is 0 Å². The SMILES string of the molecule is COC(=O)c1ccc(CNc2nc(-c3ccco3)nc3cc(-c4ccc(OC)cc4)ccc23)cc1. The van der Waals surface area contributed by atoms with Gasteiger partial charge in [-0.05, 0) is 65.2 Å². The molecule has 5 rings (SSSR count). The number of esters is 1. The lowest BCUT2D eigenvalue weighted by atomic mass is 10.0.